The number of hydrogen-bond acceptors (Lipinski definition) is 2. The van der Waals surface area contributed by atoms with E-state index in [-0.39, 0.29) is 0 Å². The number of aromatic nitrogens is 2. The highest BCUT2D eigenvalue weighted by atomic mass is 79.9. The number of halogens is 2. The van der Waals surface area contributed by atoms with E-state index in [1.165, 1.54) is 0 Å². The zero-order chi connectivity index (χ0) is 16.1. The molecule has 0 amide bonds. The lowest BCUT2D eigenvalue weighted by atomic mass is 10.3. The minimum absolute atomic E-state index is 0.572. The minimum atomic E-state index is 0.572. The Morgan fingerprint density at radius 1 is 1.36 bits per heavy atom. The van der Waals surface area contributed by atoms with E-state index in [2.05, 4.69) is 38.6 Å². The van der Waals surface area contributed by atoms with Gasteiger partial charge in [-0.15, -0.1) is 0 Å². The molecule has 0 radical (unpaired) electrons. The minimum Gasteiger partial charge on any atom is -0.362 e. The Labute approximate surface area is 149 Å². The number of para-hydroxylation sites is 1. The molecule has 2 rings (SSSR count). The molecule has 0 atom stereocenters. The quantitative estimate of drug-likeness (QED) is 0.579. The monoisotopic (exact) mass is 400 g/mol. The summed E-state index contributed by atoms with van der Waals surface area (Å²) >= 11 is 14.9. The molecule has 0 aliphatic heterocycles. The number of anilines is 1. The van der Waals surface area contributed by atoms with Crippen LogP contribution in [0.4, 0.5) is 5.69 Å². The fourth-order valence-corrected chi connectivity index (χ4v) is 2.73. The van der Waals surface area contributed by atoms with E-state index in [4.69, 9.17) is 23.8 Å². The van der Waals surface area contributed by atoms with Crippen molar-refractivity contribution in [1.82, 2.24) is 15.1 Å². The second kappa shape index (κ2) is 7.94. The Balaban J connectivity index is 1.76. The zero-order valence-corrected chi connectivity index (χ0v) is 15.6. The SMILES string of the molecule is Cc1nn(CCCNC(=S)Nc2ccccc2Cl)c(C)c1Br. The molecule has 2 aromatic rings. The smallest absolute Gasteiger partial charge is 0.170 e. The second-order valence-corrected chi connectivity index (χ2v) is 6.53. The predicted molar refractivity (Wildman–Crippen MR) is 99.7 cm³/mol. The van der Waals surface area contributed by atoms with Crippen LogP contribution in [0.1, 0.15) is 17.8 Å². The van der Waals surface area contributed by atoms with Gasteiger partial charge in [0, 0.05) is 18.8 Å². The Kier molecular flexibility index (Phi) is 6.23. The summed E-state index contributed by atoms with van der Waals surface area (Å²) in [4.78, 5) is 0. The van der Waals surface area contributed by atoms with Gasteiger partial charge in [-0.1, -0.05) is 23.7 Å². The Morgan fingerprint density at radius 2 is 2.09 bits per heavy atom. The zero-order valence-electron chi connectivity index (χ0n) is 12.5. The molecule has 4 nitrogen and oxygen atoms in total. The van der Waals surface area contributed by atoms with Crippen LogP contribution in [0.2, 0.25) is 5.02 Å². The van der Waals surface area contributed by atoms with Crippen LogP contribution >= 0.6 is 39.7 Å². The normalized spacial score (nSPS) is 10.5. The first-order valence-corrected chi connectivity index (χ1v) is 8.56. The first-order chi connectivity index (χ1) is 10.5. The summed E-state index contributed by atoms with van der Waals surface area (Å²) in [5.41, 5.74) is 2.97. The van der Waals surface area contributed by atoms with Crippen LogP contribution in [0.25, 0.3) is 0 Å². The fourth-order valence-electron chi connectivity index (χ4n) is 2.05. The van der Waals surface area contributed by atoms with Crippen molar-refractivity contribution in [3.63, 3.8) is 0 Å². The maximum atomic E-state index is 6.08. The van der Waals surface area contributed by atoms with Gasteiger partial charge in [0.1, 0.15) is 0 Å². The van der Waals surface area contributed by atoms with Crippen molar-refractivity contribution < 1.29 is 0 Å². The van der Waals surface area contributed by atoms with Gasteiger partial charge in [-0.2, -0.15) is 5.10 Å². The summed E-state index contributed by atoms with van der Waals surface area (Å²) in [6.07, 6.45) is 0.929. The molecule has 118 valence electrons. The van der Waals surface area contributed by atoms with E-state index in [0.29, 0.717) is 10.1 Å². The number of hydrogen-bond donors (Lipinski definition) is 2. The molecular weight excluding hydrogens is 384 g/mol. The number of rotatable bonds is 5. The molecule has 0 saturated heterocycles. The summed E-state index contributed by atoms with van der Waals surface area (Å²) < 4.78 is 3.09. The van der Waals surface area contributed by atoms with Gasteiger partial charge in [-0.3, -0.25) is 4.68 Å². The molecule has 1 heterocycles. The van der Waals surface area contributed by atoms with E-state index >= 15 is 0 Å². The Hall–Kier alpha value is -1.11. The van der Waals surface area contributed by atoms with E-state index in [9.17, 15) is 0 Å². The molecule has 0 unspecified atom stereocenters. The fraction of sp³-hybridized carbons (Fsp3) is 0.333. The van der Waals surface area contributed by atoms with Gasteiger partial charge < -0.3 is 10.6 Å². The highest BCUT2D eigenvalue weighted by molar-refractivity contribution is 9.10. The van der Waals surface area contributed by atoms with Gasteiger partial charge in [-0.05, 0) is 60.5 Å². The van der Waals surface area contributed by atoms with Gasteiger partial charge in [0.15, 0.2) is 5.11 Å². The van der Waals surface area contributed by atoms with Crippen LogP contribution in [0.3, 0.4) is 0 Å². The van der Waals surface area contributed by atoms with Gasteiger partial charge in [0.2, 0.25) is 0 Å². The average molecular weight is 402 g/mol. The Bertz CT molecular complexity index is 672. The summed E-state index contributed by atoms with van der Waals surface area (Å²) in [6.45, 7) is 5.67. The molecule has 7 heteroatoms. The third-order valence-electron chi connectivity index (χ3n) is 3.25. The lowest BCUT2D eigenvalue weighted by Crippen LogP contribution is -2.30. The average Bonchev–Trinajstić information content (AvgIpc) is 2.73. The summed E-state index contributed by atoms with van der Waals surface area (Å²) in [7, 11) is 0. The third kappa shape index (κ3) is 4.44. The molecule has 0 spiro atoms. The van der Waals surface area contributed by atoms with Gasteiger partial charge >= 0.3 is 0 Å². The molecule has 22 heavy (non-hydrogen) atoms. The van der Waals surface area contributed by atoms with Crippen LogP contribution < -0.4 is 10.6 Å². The van der Waals surface area contributed by atoms with Crippen molar-refractivity contribution >= 4 is 50.5 Å². The van der Waals surface area contributed by atoms with Crippen molar-refractivity contribution in [2.45, 2.75) is 26.8 Å². The summed E-state index contributed by atoms with van der Waals surface area (Å²) in [6, 6.07) is 7.52. The lowest BCUT2D eigenvalue weighted by molar-refractivity contribution is 0.558. The number of nitrogens with one attached hydrogen (secondary N) is 2. The van der Waals surface area contributed by atoms with Gasteiger partial charge in [-0.25, -0.2) is 0 Å². The maximum Gasteiger partial charge on any atom is 0.170 e. The maximum absolute atomic E-state index is 6.08. The molecule has 1 aromatic carbocycles. The van der Waals surface area contributed by atoms with Crippen molar-refractivity contribution in [3.05, 3.63) is 45.1 Å². The summed E-state index contributed by atoms with van der Waals surface area (Å²) in [5, 5.41) is 12.0. The van der Waals surface area contributed by atoms with Crippen LogP contribution in [-0.2, 0) is 6.54 Å². The number of thiocarbonyl (C=S) groups is 1. The second-order valence-electron chi connectivity index (χ2n) is 4.92. The molecule has 0 aliphatic rings. The van der Waals surface area contributed by atoms with Gasteiger partial charge in [0.25, 0.3) is 0 Å². The van der Waals surface area contributed by atoms with E-state index in [0.717, 1.165) is 41.1 Å². The topological polar surface area (TPSA) is 41.9 Å². The van der Waals surface area contributed by atoms with Crippen molar-refractivity contribution in [2.75, 3.05) is 11.9 Å². The highest BCUT2D eigenvalue weighted by Gasteiger charge is 2.08. The van der Waals surface area contributed by atoms with E-state index < -0.39 is 0 Å². The Morgan fingerprint density at radius 3 is 2.73 bits per heavy atom. The number of nitrogens with zero attached hydrogens (tertiary/aromatic N) is 2. The molecule has 2 N–H and O–H groups in total. The van der Waals surface area contributed by atoms with Gasteiger partial charge in [0.05, 0.1) is 20.9 Å². The molecule has 1 aromatic heterocycles. The standard InChI is InChI=1S/C15H18BrClN4S/c1-10-14(16)11(2)21(20-10)9-5-8-18-15(22)19-13-7-4-3-6-12(13)17/h3-4,6-7H,5,8-9H2,1-2H3,(H2,18,19,22). The summed E-state index contributed by atoms with van der Waals surface area (Å²) in [5.74, 6) is 0. The largest absolute Gasteiger partial charge is 0.362 e. The van der Waals surface area contributed by atoms with E-state index in [1.54, 1.807) is 0 Å². The first kappa shape index (κ1) is 17.2. The molecule has 0 aliphatic carbocycles. The predicted octanol–water partition coefficient (Wildman–Crippen LogP) is 4.29. The van der Waals surface area contributed by atoms with Crippen molar-refractivity contribution in [2.24, 2.45) is 0 Å². The highest BCUT2D eigenvalue weighted by Crippen LogP contribution is 2.20. The number of benzene rings is 1. The van der Waals surface area contributed by atoms with E-state index in [1.807, 2.05) is 35.9 Å². The molecule has 0 fully saturated rings. The molecule has 0 bridgehead atoms. The molecule has 0 saturated carbocycles. The third-order valence-corrected chi connectivity index (χ3v) is 4.97. The van der Waals surface area contributed by atoms with Crippen LogP contribution in [0, 0.1) is 13.8 Å². The van der Waals surface area contributed by atoms with Crippen LogP contribution in [0.15, 0.2) is 28.7 Å². The van der Waals surface area contributed by atoms with Crippen molar-refractivity contribution in [1.29, 1.82) is 0 Å². The molecular formula is C15H18BrClN4S. The van der Waals surface area contributed by atoms with Crippen LogP contribution in [0.5, 0.6) is 0 Å². The number of aryl methyl sites for hydroxylation is 2. The lowest BCUT2D eigenvalue weighted by Gasteiger charge is -2.12. The van der Waals surface area contributed by atoms with Crippen LogP contribution in [-0.4, -0.2) is 21.4 Å². The van der Waals surface area contributed by atoms with Crippen molar-refractivity contribution in [3.8, 4) is 0 Å². The first-order valence-electron chi connectivity index (χ1n) is 6.98.